The van der Waals surface area contributed by atoms with Gasteiger partial charge < -0.3 is 25.4 Å². The van der Waals surface area contributed by atoms with Gasteiger partial charge in [0, 0.05) is 12.2 Å². The fraction of sp³-hybridized carbons (Fsp3) is 0.214. The summed E-state index contributed by atoms with van der Waals surface area (Å²) >= 11 is 0. The Morgan fingerprint density at radius 2 is 1.86 bits per heavy atom. The number of carboxylic acid groups (broad SMARTS) is 2. The Hall–Kier alpha value is -3.03. The van der Waals surface area contributed by atoms with Crippen molar-refractivity contribution in [1.29, 1.82) is 0 Å². The van der Waals surface area contributed by atoms with Crippen molar-refractivity contribution in [2.75, 3.05) is 13.2 Å². The molecule has 1 aromatic rings. The number of nitrogens with two attached hydrogens (primary N) is 1. The zero-order valence-electron chi connectivity index (χ0n) is 11.6. The molecular formula is C14H16N2O6. The number of ether oxygens (including phenoxy) is 2. The minimum absolute atomic E-state index is 0.0461. The van der Waals surface area contributed by atoms with Crippen LogP contribution in [0.15, 0.2) is 47.5 Å². The van der Waals surface area contributed by atoms with E-state index in [0.717, 1.165) is 5.75 Å². The third-order valence-electron chi connectivity index (χ3n) is 2.29. The number of para-hydroxylation sites is 1. The Balaban J connectivity index is 0.000000261. The SMILES string of the molecule is NC1=NCC(COc2ccccc2)O1.O=C(O)/C=C/C(=O)O. The molecule has 8 nitrogen and oxygen atoms in total. The van der Waals surface area contributed by atoms with E-state index in [2.05, 4.69) is 4.99 Å². The van der Waals surface area contributed by atoms with Gasteiger partial charge in [0.15, 0.2) is 6.10 Å². The summed E-state index contributed by atoms with van der Waals surface area (Å²) in [4.78, 5) is 23.0. The molecule has 1 aromatic carbocycles. The molecule has 118 valence electrons. The van der Waals surface area contributed by atoms with Crippen LogP contribution in [0.2, 0.25) is 0 Å². The summed E-state index contributed by atoms with van der Waals surface area (Å²) in [6.45, 7) is 1.06. The number of carboxylic acids is 2. The highest BCUT2D eigenvalue weighted by molar-refractivity contribution is 5.89. The lowest BCUT2D eigenvalue weighted by Crippen LogP contribution is -2.24. The van der Waals surface area contributed by atoms with E-state index in [1.807, 2.05) is 30.3 Å². The fourth-order valence-electron chi connectivity index (χ4n) is 1.37. The molecule has 0 fully saturated rings. The van der Waals surface area contributed by atoms with E-state index in [-0.39, 0.29) is 12.1 Å². The number of carbonyl (C=O) groups is 2. The lowest BCUT2D eigenvalue weighted by Gasteiger charge is -2.11. The third kappa shape index (κ3) is 7.53. The summed E-state index contributed by atoms with van der Waals surface area (Å²) in [5.41, 5.74) is 5.37. The molecule has 22 heavy (non-hydrogen) atoms. The summed E-state index contributed by atoms with van der Waals surface area (Å²) < 4.78 is 10.7. The number of aliphatic imine (C=N–C) groups is 1. The highest BCUT2D eigenvalue weighted by atomic mass is 16.5. The number of aliphatic carboxylic acids is 2. The third-order valence-corrected chi connectivity index (χ3v) is 2.29. The standard InChI is InChI=1S/C10H12N2O2.C4H4O4/c11-10-12-6-9(14-10)7-13-8-4-2-1-3-5-8;5-3(6)1-2-4(7)8/h1-5,9H,6-7H2,(H2,11,12);1-2H,(H,5,6)(H,7,8)/b;2-1+. The molecule has 0 saturated carbocycles. The lowest BCUT2D eigenvalue weighted by atomic mass is 10.3. The molecule has 8 heteroatoms. The van der Waals surface area contributed by atoms with E-state index >= 15 is 0 Å². The van der Waals surface area contributed by atoms with Crippen LogP contribution in [0.1, 0.15) is 0 Å². The van der Waals surface area contributed by atoms with Gasteiger partial charge in [0.2, 0.25) is 0 Å². The predicted molar refractivity (Wildman–Crippen MR) is 77.7 cm³/mol. The van der Waals surface area contributed by atoms with Crippen LogP contribution in [0, 0.1) is 0 Å². The first-order valence-corrected chi connectivity index (χ1v) is 6.25. The summed E-state index contributed by atoms with van der Waals surface area (Å²) in [5, 5.41) is 15.6. The zero-order chi connectivity index (χ0) is 16.4. The molecule has 0 spiro atoms. The van der Waals surface area contributed by atoms with E-state index < -0.39 is 11.9 Å². The quantitative estimate of drug-likeness (QED) is 0.674. The number of hydrogen-bond acceptors (Lipinski definition) is 6. The topological polar surface area (TPSA) is 131 Å². The number of hydrogen-bond donors (Lipinski definition) is 3. The highest BCUT2D eigenvalue weighted by Crippen LogP contribution is 2.10. The summed E-state index contributed by atoms with van der Waals surface area (Å²) in [7, 11) is 0. The van der Waals surface area contributed by atoms with Gasteiger partial charge in [0.05, 0.1) is 6.54 Å². The van der Waals surface area contributed by atoms with Gasteiger partial charge in [-0.2, -0.15) is 0 Å². The van der Waals surface area contributed by atoms with Crippen LogP contribution >= 0.6 is 0 Å². The molecule has 0 aromatic heterocycles. The normalized spacial score (nSPS) is 16.2. The molecular weight excluding hydrogens is 292 g/mol. The van der Waals surface area contributed by atoms with Crippen molar-refractivity contribution >= 4 is 18.0 Å². The van der Waals surface area contributed by atoms with Gasteiger partial charge >= 0.3 is 11.9 Å². The van der Waals surface area contributed by atoms with Crippen molar-refractivity contribution in [3.05, 3.63) is 42.5 Å². The number of nitrogens with zero attached hydrogens (tertiary/aromatic N) is 1. The Bertz CT molecular complexity index is 540. The maximum Gasteiger partial charge on any atom is 0.328 e. The average Bonchev–Trinajstić information content (AvgIpc) is 2.90. The van der Waals surface area contributed by atoms with Crippen molar-refractivity contribution in [2.24, 2.45) is 10.7 Å². The van der Waals surface area contributed by atoms with Crippen LogP contribution in [0.4, 0.5) is 0 Å². The minimum atomic E-state index is -1.26. The molecule has 1 atom stereocenters. The van der Waals surface area contributed by atoms with Crippen LogP contribution in [0.3, 0.4) is 0 Å². The summed E-state index contributed by atoms with van der Waals surface area (Å²) in [6.07, 6.45) is 1.07. The largest absolute Gasteiger partial charge is 0.490 e. The molecule has 4 N–H and O–H groups in total. The highest BCUT2D eigenvalue weighted by Gasteiger charge is 2.17. The van der Waals surface area contributed by atoms with E-state index in [1.54, 1.807) is 0 Å². The number of amidine groups is 1. The van der Waals surface area contributed by atoms with Gasteiger partial charge in [-0.25, -0.2) is 14.6 Å². The van der Waals surface area contributed by atoms with Gasteiger partial charge in [0.1, 0.15) is 12.4 Å². The molecule has 2 rings (SSSR count). The second-order valence-electron chi connectivity index (χ2n) is 4.05. The smallest absolute Gasteiger partial charge is 0.328 e. The van der Waals surface area contributed by atoms with Gasteiger partial charge in [-0.3, -0.25) is 0 Å². The second kappa shape index (κ2) is 9.01. The maximum absolute atomic E-state index is 9.55. The van der Waals surface area contributed by atoms with Gasteiger partial charge in [0.25, 0.3) is 6.02 Å². The van der Waals surface area contributed by atoms with Crippen LogP contribution in [-0.2, 0) is 14.3 Å². The van der Waals surface area contributed by atoms with Crippen LogP contribution in [0.25, 0.3) is 0 Å². The Morgan fingerprint density at radius 1 is 1.27 bits per heavy atom. The van der Waals surface area contributed by atoms with Crippen molar-refractivity contribution in [2.45, 2.75) is 6.10 Å². The molecule has 0 bridgehead atoms. The fourth-order valence-corrected chi connectivity index (χ4v) is 1.37. The van der Waals surface area contributed by atoms with Gasteiger partial charge in [-0.15, -0.1) is 0 Å². The van der Waals surface area contributed by atoms with Crippen molar-refractivity contribution < 1.29 is 29.3 Å². The Kier molecular flexibility index (Phi) is 6.97. The maximum atomic E-state index is 9.55. The van der Waals surface area contributed by atoms with Gasteiger partial charge in [-0.05, 0) is 12.1 Å². The molecule has 1 aliphatic heterocycles. The van der Waals surface area contributed by atoms with E-state index in [4.69, 9.17) is 25.4 Å². The number of benzene rings is 1. The van der Waals surface area contributed by atoms with E-state index in [9.17, 15) is 9.59 Å². The first-order valence-electron chi connectivity index (χ1n) is 6.25. The van der Waals surface area contributed by atoms with Crippen LogP contribution in [-0.4, -0.2) is 47.4 Å². The van der Waals surface area contributed by atoms with Crippen LogP contribution in [0.5, 0.6) is 5.75 Å². The summed E-state index contributed by atoms with van der Waals surface area (Å²) in [5.74, 6) is -1.68. The predicted octanol–water partition coefficient (Wildman–Crippen LogP) is 0.491. The lowest BCUT2D eigenvalue weighted by molar-refractivity contribution is -0.134. The number of rotatable bonds is 5. The monoisotopic (exact) mass is 308 g/mol. The first kappa shape index (κ1) is 17.0. The average molecular weight is 308 g/mol. The van der Waals surface area contributed by atoms with Crippen molar-refractivity contribution in [1.82, 2.24) is 0 Å². The zero-order valence-corrected chi connectivity index (χ0v) is 11.6. The Labute approximate surface area is 126 Å². The molecule has 0 radical (unpaired) electrons. The second-order valence-corrected chi connectivity index (χ2v) is 4.05. The molecule has 1 unspecified atom stereocenters. The molecule has 0 amide bonds. The van der Waals surface area contributed by atoms with Crippen molar-refractivity contribution in [3.63, 3.8) is 0 Å². The van der Waals surface area contributed by atoms with Gasteiger partial charge in [-0.1, -0.05) is 18.2 Å². The first-order chi connectivity index (χ1) is 10.5. The van der Waals surface area contributed by atoms with E-state index in [1.165, 1.54) is 0 Å². The van der Waals surface area contributed by atoms with Crippen LogP contribution < -0.4 is 10.5 Å². The summed E-state index contributed by atoms with van der Waals surface area (Å²) in [6, 6.07) is 9.86. The van der Waals surface area contributed by atoms with E-state index in [0.29, 0.717) is 25.3 Å². The van der Waals surface area contributed by atoms with Crippen molar-refractivity contribution in [3.8, 4) is 5.75 Å². The minimum Gasteiger partial charge on any atom is -0.490 e. The molecule has 1 aliphatic rings. The molecule has 1 heterocycles. The molecule has 0 aliphatic carbocycles. The molecule has 0 saturated heterocycles. The Morgan fingerprint density at radius 3 is 2.32 bits per heavy atom.